The summed E-state index contributed by atoms with van der Waals surface area (Å²) in [5.74, 6) is -3.06. The summed E-state index contributed by atoms with van der Waals surface area (Å²) in [6.45, 7) is 5.02. The van der Waals surface area contributed by atoms with Crippen molar-refractivity contribution in [3.63, 3.8) is 0 Å². The van der Waals surface area contributed by atoms with Crippen LogP contribution in [0.3, 0.4) is 0 Å². The number of benzene rings is 2. The molecule has 1 fully saturated rings. The number of aryl methyl sites for hydroxylation is 2. The number of likely N-dealkylation sites (tertiary alicyclic amines) is 1. The predicted molar refractivity (Wildman–Crippen MR) is 127 cm³/mol. The lowest BCUT2D eigenvalue weighted by Crippen LogP contribution is -2.39. The molecule has 0 aromatic heterocycles. The third kappa shape index (κ3) is 7.22. The molecule has 0 saturated carbocycles. The third-order valence-electron chi connectivity index (χ3n) is 6.42. The number of halogens is 3. The number of β-amino-alcohol motifs (C(OH)–C–C–N with tert-alkyl or cyclic N) is 1. The lowest BCUT2D eigenvalue weighted by Gasteiger charge is -2.28. The van der Waals surface area contributed by atoms with Crippen LogP contribution in [0.25, 0.3) is 0 Å². The average molecular weight is 496 g/mol. The zero-order valence-corrected chi connectivity index (χ0v) is 20.3. The predicted octanol–water partition coefficient (Wildman–Crippen LogP) is 5.09. The van der Waals surface area contributed by atoms with E-state index < -0.39 is 29.8 Å². The van der Waals surface area contributed by atoms with Crippen molar-refractivity contribution in [2.75, 3.05) is 19.7 Å². The Morgan fingerprint density at radius 1 is 1.26 bits per heavy atom. The summed E-state index contributed by atoms with van der Waals surface area (Å²) in [6.07, 6.45) is 1.43. The minimum absolute atomic E-state index is 0.0259. The van der Waals surface area contributed by atoms with Gasteiger partial charge in [-0.2, -0.15) is 0 Å². The van der Waals surface area contributed by atoms with Gasteiger partial charge in [0.15, 0.2) is 11.6 Å². The molecule has 0 aliphatic carbocycles. The smallest absolute Gasteiger partial charge is 0.303 e. The molecule has 1 aliphatic heterocycles. The van der Waals surface area contributed by atoms with E-state index in [1.165, 1.54) is 5.56 Å². The number of aliphatic hydroxyl groups is 1. The number of carboxylic acids is 1. The summed E-state index contributed by atoms with van der Waals surface area (Å²) in [4.78, 5) is 13.2. The van der Waals surface area contributed by atoms with Crippen LogP contribution < -0.4 is 0 Å². The van der Waals surface area contributed by atoms with Crippen molar-refractivity contribution in [3.05, 3.63) is 69.2 Å². The van der Waals surface area contributed by atoms with Crippen LogP contribution in [-0.2, 0) is 22.4 Å². The molecule has 186 valence electrons. The van der Waals surface area contributed by atoms with E-state index in [2.05, 4.69) is 11.0 Å². The minimum Gasteiger partial charge on any atom is -0.481 e. The van der Waals surface area contributed by atoms with E-state index >= 15 is 0 Å². The quantitative estimate of drug-likeness (QED) is 0.454. The second-order valence-corrected chi connectivity index (χ2v) is 9.47. The van der Waals surface area contributed by atoms with Gasteiger partial charge in [-0.3, -0.25) is 9.69 Å². The highest BCUT2D eigenvalue weighted by molar-refractivity contribution is 6.31. The Morgan fingerprint density at radius 2 is 2.00 bits per heavy atom. The molecule has 0 bridgehead atoms. The van der Waals surface area contributed by atoms with Crippen LogP contribution in [0.15, 0.2) is 30.3 Å². The number of hydrogen-bond acceptors (Lipinski definition) is 4. The Labute approximate surface area is 204 Å². The SMILES string of the molecule is Cc1ccc(C[C@@H]2CCCN2C[C@@H](O)CO[C@H](C)c2cc(F)c(F)cc2CCC(=O)O)cc1Cl. The fraction of sp³-hybridized carbons (Fsp3) is 0.500. The molecule has 1 saturated heterocycles. The average Bonchev–Trinajstić information content (AvgIpc) is 3.21. The highest BCUT2D eigenvalue weighted by Gasteiger charge is 2.27. The maximum Gasteiger partial charge on any atom is 0.303 e. The van der Waals surface area contributed by atoms with Crippen LogP contribution in [0.4, 0.5) is 8.78 Å². The molecule has 3 atom stereocenters. The molecule has 34 heavy (non-hydrogen) atoms. The third-order valence-corrected chi connectivity index (χ3v) is 6.83. The number of hydrogen-bond donors (Lipinski definition) is 2. The lowest BCUT2D eigenvalue weighted by atomic mass is 9.98. The van der Waals surface area contributed by atoms with Crippen molar-refractivity contribution < 1.29 is 28.5 Å². The largest absolute Gasteiger partial charge is 0.481 e. The van der Waals surface area contributed by atoms with Gasteiger partial charge >= 0.3 is 5.97 Å². The molecule has 2 aromatic carbocycles. The number of nitrogens with zero attached hydrogens (tertiary/aromatic N) is 1. The summed E-state index contributed by atoms with van der Waals surface area (Å²) >= 11 is 6.26. The van der Waals surface area contributed by atoms with Gasteiger partial charge in [0, 0.05) is 24.0 Å². The van der Waals surface area contributed by atoms with Gasteiger partial charge in [0.1, 0.15) is 0 Å². The fourth-order valence-electron chi connectivity index (χ4n) is 4.51. The van der Waals surface area contributed by atoms with E-state index in [4.69, 9.17) is 21.4 Å². The fourth-order valence-corrected chi connectivity index (χ4v) is 4.71. The van der Waals surface area contributed by atoms with E-state index in [-0.39, 0.29) is 19.4 Å². The molecule has 1 aliphatic rings. The van der Waals surface area contributed by atoms with E-state index in [0.29, 0.717) is 23.7 Å². The van der Waals surface area contributed by atoms with Crippen molar-refractivity contribution in [3.8, 4) is 0 Å². The zero-order valence-electron chi connectivity index (χ0n) is 19.6. The van der Waals surface area contributed by atoms with Gasteiger partial charge in [0.2, 0.25) is 0 Å². The second kappa shape index (κ2) is 12.1. The van der Waals surface area contributed by atoms with Gasteiger partial charge in [0.25, 0.3) is 0 Å². The minimum atomic E-state index is -1.02. The monoisotopic (exact) mass is 495 g/mol. The molecule has 0 unspecified atom stereocenters. The molecule has 8 heteroatoms. The molecule has 0 amide bonds. The van der Waals surface area contributed by atoms with Crippen LogP contribution in [0.5, 0.6) is 0 Å². The van der Waals surface area contributed by atoms with E-state index in [9.17, 15) is 18.7 Å². The van der Waals surface area contributed by atoms with Gasteiger partial charge in [-0.15, -0.1) is 0 Å². The number of ether oxygens (including phenoxy) is 1. The zero-order chi connectivity index (χ0) is 24.8. The highest BCUT2D eigenvalue weighted by Crippen LogP contribution is 2.27. The maximum absolute atomic E-state index is 13.8. The van der Waals surface area contributed by atoms with Crippen LogP contribution in [-0.4, -0.2) is 52.9 Å². The number of aliphatic carboxylic acids is 1. The molecule has 1 heterocycles. The van der Waals surface area contributed by atoms with Crippen LogP contribution in [0.2, 0.25) is 5.02 Å². The molecule has 5 nitrogen and oxygen atoms in total. The van der Waals surface area contributed by atoms with Crippen molar-refractivity contribution in [1.82, 2.24) is 4.90 Å². The summed E-state index contributed by atoms with van der Waals surface area (Å²) in [6, 6.07) is 8.48. The number of rotatable bonds is 11. The second-order valence-electron chi connectivity index (χ2n) is 9.07. The molecular weight excluding hydrogens is 464 g/mol. The lowest BCUT2D eigenvalue weighted by molar-refractivity contribution is -0.136. The standard InChI is InChI=1S/C26H32ClF2NO4/c1-16-5-6-18(11-23(16)27)10-20-4-3-9-30(20)14-21(31)15-34-17(2)22-13-25(29)24(28)12-19(22)7-8-26(32)33/h5-6,11-13,17,20-21,31H,3-4,7-10,14-15H2,1-2H3,(H,32,33)/t17-,20+,21-/m1/s1. The molecule has 0 radical (unpaired) electrons. The van der Waals surface area contributed by atoms with Crippen molar-refractivity contribution in [1.29, 1.82) is 0 Å². The summed E-state index contributed by atoms with van der Waals surface area (Å²) < 4.78 is 33.3. The first-order valence-electron chi connectivity index (χ1n) is 11.6. The Hall–Kier alpha value is -2.06. The Bertz CT molecular complexity index is 1000. The van der Waals surface area contributed by atoms with Crippen LogP contribution >= 0.6 is 11.6 Å². The summed E-state index contributed by atoms with van der Waals surface area (Å²) in [5, 5.41) is 20.3. The Morgan fingerprint density at radius 3 is 2.71 bits per heavy atom. The van der Waals surface area contributed by atoms with Crippen molar-refractivity contribution >= 4 is 17.6 Å². The van der Waals surface area contributed by atoms with E-state index in [0.717, 1.165) is 48.5 Å². The van der Waals surface area contributed by atoms with Crippen molar-refractivity contribution in [2.45, 2.75) is 64.2 Å². The van der Waals surface area contributed by atoms with Crippen LogP contribution in [0.1, 0.15) is 54.5 Å². The Balaban J connectivity index is 1.56. The normalized spacial score (nSPS) is 18.2. The highest BCUT2D eigenvalue weighted by atomic mass is 35.5. The number of carbonyl (C=O) groups is 1. The van der Waals surface area contributed by atoms with Gasteiger partial charge in [-0.25, -0.2) is 8.78 Å². The first-order valence-corrected chi connectivity index (χ1v) is 12.0. The number of aliphatic hydroxyl groups excluding tert-OH is 1. The molecular formula is C26H32ClF2NO4. The first kappa shape index (κ1) is 26.5. The first-order chi connectivity index (χ1) is 16.1. The molecule has 2 aromatic rings. The van der Waals surface area contributed by atoms with E-state index in [1.807, 2.05) is 19.1 Å². The summed E-state index contributed by atoms with van der Waals surface area (Å²) in [7, 11) is 0. The van der Waals surface area contributed by atoms with Crippen LogP contribution in [0, 0.1) is 18.6 Å². The van der Waals surface area contributed by atoms with Gasteiger partial charge in [-0.1, -0.05) is 23.7 Å². The van der Waals surface area contributed by atoms with E-state index in [1.54, 1.807) is 6.92 Å². The molecule has 3 rings (SSSR count). The topological polar surface area (TPSA) is 70.0 Å². The van der Waals surface area contributed by atoms with Crippen molar-refractivity contribution in [2.24, 2.45) is 0 Å². The van der Waals surface area contributed by atoms with Gasteiger partial charge in [0.05, 0.1) is 18.8 Å². The number of carboxylic acid groups (broad SMARTS) is 1. The maximum atomic E-state index is 13.8. The Kier molecular flexibility index (Phi) is 9.42. The van der Waals surface area contributed by atoms with Gasteiger partial charge < -0.3 is 14.9 Å². The summed E-state index contributed by atoms with van der Waals surface area (Å²) in [5.41, 5.74) is 2.99. The molecule has 2 N–H and O–H groups in total. The van der Waals surface area contributed by atoms with Gasteiger partial charge in [-0.05, 0) is 86.5 Å². The molecule has 0 spiro atoms.